The highest BCUT2D eigenvalue weighted by atomic mass is 35.5. The molecule has 8 heteroatoms. The second kappa shape index (κ2) is 16.1. The van der Waals surface area contributed by atoms with Crippen LogP contribution in [0.5, 0.6) is 0 Å². The fourth-order valence-corrected chi connectivity index (χ4v) is 6.41. The van der Waals surface area contributed by atoms with Crippen molar-refractivity contribution in [3.8, 4) is 0 Å². The predicted molar refractivity (Wildman–Crippen MR) is 184 cm³/mol. The van der Waals surface area contributed by atoms with E-state index in [0.29, 0.717) is 42.2 Å². The molecule has 3 aromatic rings. The van der Waals surface area contributed by atoms with Gasteiger partial charge in [-0.15, -0.1) is 0 Å². The van der Waals surface area contributed by atoms with E-state index in [1.807, 2.05) is 43.3 Å². The van der Waals surface area contributed by atoms with Crippen molar-refractivity contribution in [3.05, 3.63) is 100 Å². The second-order valence-electron chi connectivity index (χ2n) is 12.8. The molecule has 0 spiro atoms. The highest BCUT2D eigenvalue weighted by Crippen LogP contribution is 2.28. The highest BCUT2D eigenvalue weighted by Gasteiger charge is 2.36. The van der Waals surface area contributed by atoms with E-state index in [2.05, 4.69) is 37.9 Å². The Balaban J connectivity index is 1.55. The maximum Gasteiger partial charge on any atom is 0.227 e. The fraction of sp³-hybridized carbons (Fsp3) is 0.421. The molecule has 0 aliphatic carbocycles. The topological polar surface area (TPSA) is 86.8 Å². The standard InChI is InChI=1S/C38H46ClN3O4/c1-25(2)41(26(3)4)20-19-30(38(46)40-32-15-16-33(39)27(5)21-32)23-36(44)34-22-29-13-9-10-14-31(29)24-42(34)37(45)18-17-35(43)28-11-7-6-8-12-28/h6-16,21,25-26,30,34H,17-20,22-24H2,1-5H3,(H,40,46)/t30-,34+/m1/s1. The van der Waals surface area contributed by atoms with Crippen molar-refractivity contribution in [1.29, 1.82) is 0 Å². The lowest BCUT2D eigenvalue weighted by Crippen LogP contribution is -2.49. The summed E-state index contributed by atoms with van der Waals surface area (Å²) >= 11 is 6.21. The molecule has 2 atom stereocenters. The first-order valence-electron chi connectivity index (χ1n) is 16.2. The molecule has 1 heterocycles. The van der Waals surface area contributed by atoms with Gasteiger partial charge in [0.2, 0.25) is 11.8 Å². The number of hydrogen-bond acceptors (Lipinski definition) is 5. The number of nitrogens with zero attached hydrogens (tertiary/aromatic N) is 2. The molecule has 0 saturated carbocycles. The van der Waals surface area contributed by atoms with Gasteiger partial charge in [-0.25, -0.2) is 0 Å². The van der Waals surface area contributed by atoms with Gasteiger partial charge in [0.05, 0.1) is 6.04 Å². The van der Waals surface area contributed by atoms with Gasteiger partial charge in [0.15, 0.2) is 11.6 Å². The van der Waals surface area contributed by atoms with Crippen LogP contribution in [-0.2, 0) is 27.3 Å². The Bertz CT molecular complexity index is 1530. The molecule has 46 heavy (non-hydrogen) atoms. The zero-order chi connectivity index (χ0) is 33.4. The summed E-state index contributed by atoms with van der Waals surface area (Å²) in [5, 5.41) is 3.63. The smallest absolute Gasteiger partial charge is 0.227 e. The number of halogens is 1. The molecule has 1 aliphatic heterocycles. The summed E-state index contributed by atoms with van der Waals surface area (Å²) in [5.41, 5.74) is 4.05. The molecular formula is C38H46ClN3O4. The average molecular weight is 644 g/mol. The SMILES string of the molecule is Cc1cc(NC(=O)[C@H](CCN(C(C)C)C(C)C)CC(=O)[C@@H]2Cc3ccccc3CN2C(=O)CCC(=O)c2ccccc2)ccc1Cl. The Morgan fingerprint density at radius 1 is 0.891 bits per heavy atom. The largest absolute Gasteiger partial charge is 0.328 e. The minimum atomic E-state index is -0.714. The number of hydrogen-bond donors (Lipinski definition) is 1. The van der Waals surface area contributed by atoms with Crippen molar-refractivity contribution >= 4 is 40.7 Å². The van der Waals surface area contributed by atoms with E-state index in [0.717, 1.165) is 16.7 Å². The summed E-state index contributed by atoms with van der Waals surface area (Å²) < 4.78 is 0. The number of benzene rings is 3. The highest BCUT2D eigenvalue weighted by molar-refractivity contribution is 6.31. The molecular weight excluding hydrogens is 598 g/mol. The molecule has 0 saturated heterocycles. The third-order valence-electron chi connectivity index (χ3n) is 8.91. The summed E-state index contributed by atoms with van der Waals surface area (Å²) in [4.78, 5) is 58.3. The average Bonchev–Trinajstić information content (AvgIpc) is 3.04. The molecule has 244 valence electrons. The Morgan fingerprint density at radius 2 is 1.54 bits per heavy atom. The van der Waals surface area contributed by atoms with Crippen LogP contribution in [0.25, 0.3) is 0 Å². The number of fused-ring (bicyclic) bond motifs is 1. The number of carbonyl (C=O) groups excluding carboxylic acids is 4. The normalized spacial score (nSPS) is 15.2. The number of aryl methyl sites for hydroxylation is 1. The molecule has 2 amide bonds. The van der Waals surface area contributed by atoms with Crippen LogP contribution >= 0.6 is 11.6 Å². The van der Waals surface area contributed by atoms with E-state index < -0.39 is 12.0 Å². The molecule has 7 nitrogen and oxygen atoms in total. The van der Waals surface area contributed by atoms with Crippen molar-refractivity contribution in [2.45, 2.75) is 91.4 Å². The van der Waals surface area contributed by atoms with E-state index in [4.69, 9.17) is 11.6 Å². The van der Waals surface area contributed by atoms with Crippen molar-refractivity contribution in [1.82, 2.24) is 9.80 Å². The second-order valence-corrected chi connectivity index (χ2v) is 13.2. The molecule has 4 rings (SSSR count). The van der Waals surface area contributed by atoms with Crippen molar-refractivity contribution < 1.29 is 19.2 Å². The van der Waals surface area contributed by atoms with Crippen LogP contribution in [0.2, 0.25) is 5.02 Å². The van der Waals surface area contributed by atoms with Crippen LogP contribution in [0.1, 0.15) is 80.4 Å². The summed E-state index contributed by atoms with van der Waals surface area (Å²) in [5.74, 6) is -1.32. The molecule has 0 aromatic heterocycles. The zero-order valence-electron chi connectivity index (χ0n) is 27.6. The lowest BCUT2D eigenvalue weighted by Gasteiger charge is -2.37. The maximum absolute atomic E-state index is 14.2. The van der Waals surface area contributed by atoms with Crippen LogP contribution in [0.3, 0.4) is 0 Å². The monoisotopic (exact) mass is 643 g/mol. The zero-order valence-corrected chi connectivity index (χ0v) is 28.3. The van der Waals surface area contributed by atoms with Gasteiger partial charge in [-0.2, -0.15) is 0 Å². The minimum Gasteiger partial charge on any atom is -0.328 e. The van der Waals surface area contributed by atoms with E-state index in [1.54, 1.807) is 41.3 Å². The van der Waals surface area contributed by atoms with Crippen LogP contribution in [0, 0.1) is 12.8 Å². The fourth-order valence-electron chi connectivity index (χ4n) is 6.29. The Hall–Kier alpha value is -3.81. The van der Waals surface area contributed by atoms with Crippen LogP contribution < -0.4 is 5.32 Å². The van der Waals surface area contributed by atoms with E-state index >= 15 is 0 Å². The number of Topliss-reactive ketones (excluding diaryl/α,β-unsaturated/α-hetero) is 2. The first-order valence-corrected chi connectivity index (χ1v) is 16.6. The number of anilines is 1. The third-order valence-corrected chi connectivity index (χ3v) is 9.33. The number of ketones is 2. The number of rotatable bonds is 14. The van der Waals surface area contributed by atoms with Gasteiger partial charge in [0, 0.05) is 66.5 Å². The van der Waals surface area contributed by atoms with E-state index in [-0.39, 0.29) is 54.7 Å². The van der Waals surface area contributed by atoms with E-state index in [1.165, 1.54) is 0 Å². The molecule has 3 aromatic carbocycles. The summed E-state index contributed by atoms with van der Waals surface area (Å²) in [6, 6.07) is 21.9. The van der Waals surface area contributed by atoms with Gasteiger partial charge in [0.1, 0.15) is 0 Å². The van der Waals surface area contributed by atoms with Crippen LogP contribution in [-0.4, -0.2) is 57.9 Å². The van der Waals surface area contributed by atoms with Gasteiger partial charge >= 0.3 is 0 Å². The van der Waals surface area contributed by atoms with E-state index in [9.17, 15) is 19.2 Å². The lowest BCUT2D eigenvalue weighted by molar-refractivity contribution is -0.141. The first kappa shape index (κ1) is 35.1. The van der Waals surface area contributed by atoms with Gasteiger partial charge in [-0.05, 0) is 82.5 Å². The predicted octanol–water partition coefficient (Wildman–Crippen LogP) is 7.29. The Labute approximate surface area is 278 Å². The maximum atomic E-state index is 14.2. The van der Waals surface area contributed by atoms with Crippen molar-refractivity contribution in [2.75, 3.05) is 11.9 Å². The lowest BCUT2D eigenvalue weighted by atomic mass is 9.86. The number of nitrogens with one attached hydrogen (secondary N) is 1. The summed E-state index contributed by atoms with van der Waals surface area (Å²) in [7, 11) is 0. The molecule has 1 aliphatic rings. The third kappa shape index (κ3) is 9.14. The van der Waals surface area contributed by atoms with Crippen LogP contribution in [0.15, 0.2) is 72.8 Å². The van der Waals surface area contributed by atoms with Crippen LogP contribution in [0.4, 0.5) is 5.69 Å². The Kier molecular flexibility index (Phi) is 12.3. The summed E-state index contributed by atoms with van der Waals surface area (Å²) in [6.07, 6.45) is 0.943. The molecule has 0 unspecified atom stereocenters. The Morgan fingerprint density at radius 3 is 2.20 bits per heavy atom. The van der Waals surface area contributed by atoms with Gasteiger partial charge in [0.25, 0.3) is 0 Å². The number of carbonyl (C=O) groups is 4. The van der Waals surface area contributed by atoms with Gasteiger partial charge in [-0.3, -0.25) is 24.1 Å². The van der Waals surface area contributed by atoms with Crippen molar-refractivity contribution in [2.24, 2.45) is 5.92 Å². The molecule has 0 fully saturated rings. The first-order chi connectivity index (χ1) is 21.9. The molecule has 1 N–H and O–H groups in total. The summed E-state index contributed by atoms with van der Waals surface area (Å²) in [6.45, 7) is 11.3. The number of amides is 2. The minimum absolute atomic E-state index is 0.00198. The molecule has 0 radical (unpaired) electrons. The van der Waals surface area contributed by atoms with Crippen molar-refractivity contribution in [3.63, 3.8) is 0 Å². The quantitative estimate of drug-likeness (QED) is 0.187. The van der Waals surface area contributed by atoms with Gasteiger partial charge in [-0.1, -0.05) is 66.2 Å². The molecule has 0 bridgehead atoms. The van der Waals surface area contributed by atoms with Gasteiger partial charge < -0.3 is 10.2 Å².